The Kier molecular flexibility index (Phi) is 3.51. The van der Waals surface area contributed by atoms with E-state index in [0.717, 1.165) is 6.07 Å². The number of aryl methyl sites for hydroxylation is 1. The first-order chi connectivity index (χ1) is 10.1. The second kappa shape index (κ2) is 5.33. The lowest BCUT2D eigenvalue weighted by Crippen LogP contribution is -2.18. The van der Waals surface area contributed by atoms with E-state index in [1.165, 1.54) is 13.0 Å². The number of rotatable bonds is 2. The first kappa shape index (κ1) is 13.8. The van der Waals surface area contributed by atoms with Crippen LogP contribution < -0.4 is 9.47 Å². The second-order valence-electron chi connectivity index (χ2n) is 4.87. The predicted molar refractivity (Wildman–Crippen MR) is 72.6 cm³/mol. The highest BCUT2D eigenvalue weighted by Crippen LogP contribution is 2.40. The smallest absolute Gasteiger partial charge is 0.167 e. The van der Waals surface area contributed by atoms with Crippen molar-refractivity contribution in [2.45, 2.75) is 13.0 Å². The van der Waals surface area contributed by atoms with Crippen LogP contribution in [-0.2, 0) is 0 Å². The molecule has 0 spiro atoms. The highest BCUT2D eigenvalue weighted by Gasteiger charge is 2.26. The average Bonchev–Trinajstić information content (AvgIpc) is 2.50. The van der Waals surface area contributed by atoms with Crippen molar-refractivity contribution in [2.24, 2.45) is 0 Å². The van der Waals surface area contributed by atoms with Gasteiger partial charge in [0, 0.05) is 5.56 Å². The maximum atomic E-state index is 14.2. The summed E-state index contributed by atoms with van der Waals surface area (Å²) in [5.41, 5.74) is 0.181. The van der Waals surface area contributed by atoms with E-state index in [9.17, 15) is 13.9 Å². The third-order valence-corrected chi connectivity index (χ3v) is 3.48. The molecule has 5 heteroatoms. The van der Waals surface area contributed by atoms with Crippen LogP contribution in [0.1, 0.15) is 22.8 Å². The molecule has 1 atom stereocenters. The molecule has 21 heavy (non-hydrogen) atoms. The summed E-state index contributed by atoms with van der Waals surface area (Å²) in [7, 11) is 0. The highest BCUT2D eigenvalue weighted by molar-refractivity contribution is 5.51. The molecule has 0 aromatic heterocycles. The zero-order valence-electron chi connectivity index (χ0n) is 11.4. The molecule has 3 rings (SSSR count). The van der Waals surface area contributed by atoms with Crippen molar-refractivity contribution in [3.05, 3.63) is 58.7 Å². The molecule has 0 radical (unpaired) electrons. The van der Waals surface area contributed by atoms with E-state index in [4.69, 9.17) is 9.47 Å². The SMILES string of the molecule is Cc1ccc(F)c(C(O)c2cccc3c2OCCO3)c1F. The Hall–Kier alpha value is -2.14. The van der Waals surface area contributed by atoms with E-state index in [-0.39, 0.29) is 16.7 Å². The average molecular weight is 292 g/mol. The zero-order chi connectivity index (χ0) is 15.0. The minimum absolute atomic E-state index is 0.271. The van der Waals surface area contributed by atoms with Crippen molar-refractivity contribution in [1.29, 1.82) is 0 Å². The molecule has 1 unspecified atom stereocenters. The van der Waals surface area contributed by atoms with Crippen molar-refractivity contribution in [1.82, 2.24) is 0 Å². The number of aliphatic hydroxyl groups excluding tert-OH is 1. The van der Waals surface area contributed by atoms with Crippen LogP contribution in [0.2, 0.25) is 0 Å². The van der Waals surface area contributed by atoms with Gasteiger partial charge in [-0.2, -0.15) is 0 Å². The van der Waals surface area contributed by atoms with Crippen LogP contribution in [0.4, 0.5) is 8.78 Å². The van der Waals surface area contributed by atoms with Crippen LogP contribution in [0.3, 0.4) is 0 Å². The van der Waals surface area contributed by atoms with Crippen molar-refractivity contribution >= 4 is 0 Å². The molecule has 0 saturated heterocycles. The second-order valence-corrected chi connectivity index (χ2v) is 4.87. The molecule has 0 fully saturated rings. The van der Waals surface area contributed by atoms with E-state index in [2.05, 4.69) is 0 Å². The Balaban J connectivity index is 2.12. The summed E-state index contributed by atoms with van der Waals surface area (Å²) in [6.07, 6.45) is -1.46. The fourth-order valence-electron chi connectivity index (χ4n) is 2.40. The Morgan fingerprint density at radius 1 is 1.10 bits per heavy atom. The Morgan fingerprint density at radius 2 is 1.86 bits per heavy atom. The van der Waals surface area contributed by atoms with Gasteiger partial charge in [-0.25, -0.2) is 8.78 Å². The van der Waals surface area contributed by atoms with E-state index in [1.807, 2.05) is 0 Å². The van der Waals surface area contributed by atoms with Crippen LogP contribution in [0.25, 0.3) is 0 Å². The maximum absolute atomic E-state index is 14.2. The molecule has 110 valence electrons. The van der Waals surface area contributed by atoms with Gasteiger partial charge in [0.1, 0.15) is 31.0 Å². The molecule has 2 aromatic carbocycles. The number of benzene rings is 2. The Bertz CT molecular complexity index is 685. The normalized spacial score (nSPS) is 14.9. The van der Waals surface area contributed by atoms with Gasteiger partial charge in [-0.1, -0.05) is 18.2 Å². The molecule has 2 aromatic rings. The summed E-state index contributed by atoms with van der Waals surface area (Å²) >= 11 is 0. The van der Waals surface area contributed by atoms with Gasteiger partial charge in [-0.3, -0.25) is 0 Å². The molecule has 0 aliphatic carbocycles. The number of hydrogen-bond acceptors (Lipinski definition) is 3. The molecule has 0 bridgehead atoms. The highest BCUT2D eigenvalue weighted by atomic mass is 19.1. The number of para-hydroxylation sites is 1. The van der Waals surface area contributed by atoms with Crippen LogP contribution in [-0.4, -0.2) is 18.3 Å². The summed E-state index contributed by atoms with van der Waals surface area (Å²) in [6.45, 7) is 2.25. The third kappa shape index (κ3) is 2.34. The van der Waals surface area contributed by atoms with E-state index < -0.39 is 17.7 Å². The maximum Gasteiger partial charge on any atom is 0.167 e. The molecular weight excluding hydrogens is 278 g/mol. The quantitative estimate of drug-likeness (QED) is 0.924. The van der Waals surface area contributed by atoms with Crippen LogP contribution in [0.15, 0.2) is 30.3 Å². The summed E-state index contributed by atoms with van der Waals surface area (Å²) in [5.74, 6) is -0.750. The molecule has 1 aliphatic rings. The van der Waals surface area contributed by atoms with Crippen LogP contribution in [0, 0.1) is 18.6 Å². The minimum Gasteiger partial charge on any atom is -0.486 e. The minimum atomic E-state index is -1.46. The molecular formula is C16H14F2O3. The topological polar surface area (TPSA) is 38.7 Å². The number of ether oxygens (including phenoxy) is 2. The van der Waals surface area contributed by atoms with Gasteiger partial charge in [-0.15, -0.1) is 0 Å². The molecule has 1 aliphatic heterocycles. The fourth-order valence-corrected chi connectivity index (χ4v) is 2.40. The Labute approximate surface area is 120 Å². The van der Waals surface area contributed by atoms with Crippen molar-refractivity contribution in [3.8, 4) is 11.5 Å². The third-order valence-electron chi connectivity index (χ3n) is 3.48. The number of hydrogen-bond donors (Lipinski definition) is 1. The molecule has 0 amide bonds. The summed E-state index contributed by atoms with van der Waals surface area (Å²) in [5, 5.41) is 10.4. The largest absolute Gasteiger partial charge is 0.486 e. The molecule has 1 heterocycles. The van der Waals surface area contributed by atoms with E-state index in [0.29, 0.717) is 24.7 Å². The van der Waals surface area contributed by atoms with Gasteiger partial charge in [0.2, 0.25) is 0 Å². The fraction of sp³-hybridized carbons (Fsp3) is 0.250. The van der Waals surface area contributed by atoms with Gasteiger partial charge in [-0.05, 0) is 24.6 Å². The van der Waals surface area contributed by atoms with Gasteiger partial charge >= 0.3 is 0 Å². The molecule has 3 nitrogen and oxygen atoms in total. The molecule has 0 saturated carbocycles. The summed E-state index contributed by atoms with van der Waals surface area (Å²) in [4.78, 5) is 0. The van der Waals surface area contributed by atoms with E-state index >= 15 is 0 Å². The number of aliphatic hydroxyl groups is 1. The van der Waals surface area contributed by atoms with Crippen molar-refractivity contribution in [3.63, 3.8) is 0 Å². The van der Waals surface area contributed by atoms with Crippen molar-refractivity contribution < 1.29 is 23.4 Å². The van der Waals surface area contributed by atoms with Gasteiger partial charge in [0.25, 0.3) is 0 Å². The Morgan fingerprint density at radius 3 is 2.67 bits per heavy atom. The predicted octanol–water partition coefficient (Wildman–Crippen LogP) is 3.13. The lowest BCUT2D eigenvalue weighted by Gasteiger charge is -2.23. The molecule has 1 N–H and O–H groups in total. The van der Waals surface area contributed by atoms with Crippen molar-refractivity contribution in [2.75, 3.05) is 13.2 Å². The lowest BCUT2D eigenvalue weighted by molar-refractivity contribution is 0.156. The summed E-state index contributed by atoms with van der Waals surface area (Å²) in [6, 6.07) is 7.38. The monoisotopic (exact) mass is 292 g/mol. The van der Waals surface area contributed by atoms with Gasteiger partial charge in [0.15, 0.2) is 11.5 Å². The van der Waals surface area contributed by atoms with Crippen LogP contribution in [0.5, 0.6) is 11.5 Å². The zero-order valence-corrected chi connectivity index (χ0v) is 11.4. The van der Waals surface area contributed by atoms with Gasteiger partial charge in [0.05, 0.1) is 5.56 Å². The van der Waals surface area contributed by atoms with E-state index in [1.54, 1.807) is 18.2 Å². The standard InChI is InChI=1S/C16H14F2O3/c1-9-5-6-11(17)13(14(9)18)15(19)10-3-2-4-12-16(10)21-8-7-20-12/h2-6,15,19H,7-8H2,1H3. The number of fused-ring (bicyclic) bond motifs is 1. The first-order valence-corrected chi connectivity index (χ1v) is 6.60. The lowest BCUT2D eigenvalue weighted by atomic mass is 9.97. The van der Waals surface area contributed by atoms with Gasteiger partial charge < -0.3 is 14.6 Å². The summed E-state index contributed by atoms with van der Waals surface area (Å²) < 4.78 is 39.0. The number of halogens is 2. The van der Waals surface area contributed by atoms with Crippen LogP contribution >= 0.6 is 0 Å². The first-order valence-electron chi connectivity index (χ1n) is 6.60.